The summed E-state index contributed by atoms with van der Waals surface area (Å²) in [6.45, 7) is 5.69. The fourth-order valence-corrected chi connectivity index (χ4v) is 3.68. The third kappa shape index (κ3) is 6.84. The lowest BCUT2D eigenvalue weighted by atomic mass is 10.1. The summed E-state index contributed by atoms with van der Waals surface area (Å²) in [5.41, 5.74) is 2.49. The van der Waals surface area contributed by atoms with Crippen LogP contribution in [0.25, 0.3) is 11.0 Å². The van der Waals surface area contributed by atoms with E-state index in [4.69, 9.17) is 4.98 Å². The Labute approximate surface area is 155 Å². The van der Waals surface area contributed by atoms with Crippen LogP contribution in [0.15, 0.2) is 24.3 Å². The minimum absolute atomic E-state index is 1.13. The molecule has 0 bridgehead atoms. The van der Waals surface area contributed by atoms with Crippen LogP contribution in [-0.4, -0.2) is 9.55 Å². The molecule has 2 rings (SSSR count). The van der Waals surface area contributed by atoms with E-state index >= 15 is 0 Å². The number of para-hydroxylation sites is 2. The van der Waals surface area contributed by atoms with Crippen molar-refractivity contribution in [3.8, 4) is 0 Å². The van der Waals surface area contributed by atoms with Gasteiger partial charge in [-0.15, -0.1) is 0 Å². The summed E-state index contributed by atoms with van der Waals surface area (Å²) in [6.07, 6.45) is 17.5. The maximum absolute atomic E-state index is 4.92. The Morgan fingerprint density at radius 1 is 0.720 bits per heavy atom. The molecule has 2 heteroatoms. The van der Waals surface area contributed by atoms with Crippen LogP contribution in [-0.2, 0) is 13.0 Å². The summed E-state index contributed by atoms with van der Waals surface area (Å²) in [7, 11) is 0. The van der Waals surface area contributed by atoms with Gasteiger partial charge in [0, 0.05) is 13.0 Å². The summed E-state index contributed by atoms with van der Waals surface area (Å²) in [6, 6.07) is 8.64. The predicted octanol–water partition coefficient (Wildman–Crippen LogP) is 7.30. The summed E-state index contributed by atoms with van der Waals surface area (Å²) in [4.78, 5) is 4.92. The van der Waals surface area contributed by atoms with Crippen LogP contribution in [0, 0.1) is 0 Å². The van der Waals surface area contributed by atoms with Crippen LogP contribution in [0.2, 0.25) is 0 Å². The average Bonchev–Trinajstić information content (AvgIpc) is 2.98. The van der Waals surface area contributed by atoms with Crippen molar-refractivity contribution >= 4 is 11.0 Å². The van der Waals surface area contributed by atoms with E-state index in [0.717, 1.165) is 13.0 Å². The molecule has 0 amide bonds. The molecule has 0 N–H and O–H groups in total. The zero-order chi connectivity index (χ0) is 17.7. The molecule has 1 heterocycles. The Kier molecular flexibility index (Phi) is 9.69. The minimum Gasteiger partial charge on any atom is -0.328 e. The van der Waals surface area contributed by atoms with Crippen LogP contribution >= 0.6 is 0 Å². The second-order valence-electron chi connectivity index (χ2n) is 7.45. The van der Waals surface area contributed by atoms with Gasteiger partial charge in [-0.3, -0.25) is 0 Å². The molecule has 25 heavy (non-hydrogen) atoms. The van der Waals surface area contributed by atoms with Crippen LogP contribution < -0.4 is 0 Å². The largest absolute Gasteiger partial charge is 0.328 e. The van der Waals surface area contributed by atoms with Gasteiger partial charge < -0.3 is 4.57 Å². The third-order valence-electron chi connectivity index (χ3n) is 5.22. The second kappa shape index (κ2) is 12.1. The number of rotatable bonds is 14. The predicted molar refractivity (Wildman–Crippen MR) is 110 cm³/mol. The van der Waals surface area contributed by atoms with Crippen molar-refractivity contribution in [3.05, 3.63) is 30.1 Å². The lowest BCUT2D eigenvalue weighted by Crippen LogP contribution is -2.04. The molecule has 1 aromatic carbocycles. The fraction of sp³-hybridized carbons (Fsp3) is 0.696. The van der Waals surface area contributed by atoms with Gasteiger partial charge in [-0.25, -0.2) is 4.98 Å². The molecule has 0 fully saturated rings. The zero-order valence-corrected chi connectivity index (χ0v) is 16.6. The molecule has 0 saturated heterocycles. The van der Waals surface area contributed by atoms with E-state index in [1.54, 1.807) is 0 Å². The van der Waals surface area contributed by atoms with E-state index in [2.05, 4.69) is 42.7 Å². The fourth-order valence-electron chi connectivity index (χ4n) is 3.68. The quantitative estimate of drug-likeness (QED) is 0.329. The average molecular weight is 343 g/mol. The zero-order valence-electron chi connectivity index (χ0n) is 16.6. The highest BCUT2D eigenvalue weighted by Crippen LogP contribution is 2.19. The highest BCUT2D eigenvalue weighted by molar-refractivity contribution is 5.75. The maximum atomic E-state index is 4.92. The monoisotopic (exact) mass is 342 g/mol. The van der Waals surface area contributed by atoms with Gasteiger partial charge in [-0.2, -0.15) is 0 Å². The number of imidazole rings is 1. The Hall–Kier alpha value is -1.31. The smallest absolute Gasteiger partial charge is 0.109 e. The lowest BCUT2D eigenvalue weighted by molar-refractivity contribution is 0.549. The molecule has 0 atom stereocenters. The molecule has 0 saturated carbocycles. The molecule has 0 spiro atoms. The van der Waals surface area contributed by atoms with E-state index in [1.807, 2.05) is 0 Å². The Morgan fingerprint density at radius 3 is 2.04 bits per heavy atom. The summed E-state index contributed by atoms with van der Waals surface area (Å²) in [5, 5.41) is 0. The number of unbranched alkanes of at least 4 members (excludes halogenated alkanes) is 10. The molecule has 2 nitrogen and oxygen atoms in total. The highest BCUT2D eigenvalue weighted by Gasteiger charge is 2.09. The molecule has 0 aliphatic heterocycles. The van der Waals surface area contributed by atoms with Crippen molar-refractivity contribution in [1.29, 1.82) is 0 Å². The normalized spacial score (nSPS) is 11.4. The van der Waals surface area contributed by atoms with Gasteiger partial charge >= 0.3 is 0 Å². The second-order valence-corrected chi connectivity index (χ2v) is 7.45. The Morgan fingerprint density at radius 2 is 1.32 bits per heavy atom. The van der Waals surface area contributed by atoms with Gasteiger partial charge in [0.2, 0.25) is 0 Å². The topological polar surface area (TPSA) is 17.8 Å². The molecular weight excluding hydrogens is 304 g/mol. The van der Waals surface area contributed by atoms with Crippen molar-refractivity contribution in [1.82, 2.24) is 9.55 Å². The van der Waals surface area contributed by atoms with Crippen molar-refractivity contribution in [2.24, 2.45) is 0 Å². The number of hydrogen-bond acceptors (Lipinski definition) is 1. The number of hydrogen-bond donors (Lipinski definition) is 0. The van der Waals surface area contributed by atoms with Crippen LogP contribution in [0.4, 0.5) is 0 Å². The van der Waals surface area contributed by atoms with Gasteiger partial charge in [0.1, 0.15) is 5.82 Å². The van der Waals surface area contributed by atoms with Gasteiger partial charge in [-0.1, -0.05) is 90.2 Å². The third-order valence-corrected chi connectivity index (χ3v) is 5.22. The number of nitrogens with zero attached hydrogens (tertiary/aromatic N) is 2. The van der Waals surface area contributed by atoms with E-state index in [9.17, 15) is 0 Å². The number of fused-ring (bicyclic) bond motifs is 1. The number of benzene rings is 1. The van der Waals surface area contributed by atoms with Gasteiger partial charge in [0.05, 0.1) is 11.0 Å². The van der Waals surface area contributed by atoms with E-state index < -0.39 is 0 Å². The van der Waals surface area contributed by atoms with E-state index in [-0.39, 0.29) is 0 Å². The molecule has 140 valence electrons. The Balaban J connectivity index is 1.76. The van der Waals surface area contributed by atoms with Crippen molar-refractivity contribution < 1.29 is 0 Å². The van der Waals surface area contributed by atoms with Crippen LogP contribution in [0.1, 0.15) is 96.7 Å². The molecule has 1 aromatic heterocycles. The minimum atomic E-state index is 1.13. The van der Waals surface area contributed by atoms with Gasteiger partial charge in [-0.05, 0) is 25.0 Å². The molecule has 0 unspecified atom stereocenters. The lowest BCUT2D eigenvalue weighted by Gasteiger charge is -2.09. The van der Waals surface area contributed by atoms with Gasteiger partial charge in [0.25, 0.3) is 0 Å². The first-order valence-electron chi connectivity index (χ1n) is 10.8. The first kappa shape index (κ1) is 20.0. The van der Waals surface area contributed by atoms with Crippen molar-refractivity contribution in [2.45, 2.75) is 104 Å². The standard InChI is InChI=1S/C23H38N2/c1-3-5-7-8-9-10-11-12-13-19-23-24-21-17-14-15-18-22(21)25(23)20-16-6-4-2/h14-15,17-18H,3-13,16,19-20H2,1-2H3. The number of aromatic nitrogens is 2. The first-order valence-corrected chi connectivity index (χ1v) is 10.8. The molecule has 0 aliphatic rings. The van der Waals surface area contributed by atoms with Crippen molar-refractivity contribution in [2.75, 3.05) is 0 Å². The highest BCUT2D eigenvalue weighted by atomic mass is 15.1. The van der Waals surface area contributed by atoms with E-state index in [0.29, 0.717) is 0 Å². The van der Waals surface area contributed by atoms with E-state index in [1.165, 1.54) is 93.9 Å². The maximum Gasteiger partial charge on any atom is 0.109 e. The summed E-state index contributed by atoms with van der Waals surface area (Å²) >= 11 is 0. The van der Waals surface area contributed by atoms with Gasteiger partial charge in [0.15, 0.2) is 0 Å². The number of aryl methyl sites for hydroxylation is 2. The Bertz CT molecular complexity index is 585. The molecular formula is C23H38N2. The van der Waals surface area contributed by atoms with Crippen molar-refractivity contribution in [3.63, 3.8) is 0 Å². The molecule has 2 aromatic rings. The SMILES string of the molecule is CCCCCCCCCCCc1nc2ccccc2n1CCCCC. The first-order chi connectivity index (χ1) is 12.4. The summed E-state index contributed by atoms with van der Waals surface area (Å²) < 4.78 is 2.48. The van der Waals surface area contributed by atoms with Crippen LogP contribution in [0.5, 0.6) is 0 Å². The van der Waals surface area contributed by atoms with Crippen LogP contribution in [0.3, 0.4) is 0 Å². The molecule has 0 radical (unpaired) electrons. The molecule has 0 aliphatic carbocycles. The summed E-state index contributed by atoms with van der Waals surface area (Å²) in [5.74, 6) is 1.31.